The number of amides is 1. The zero-order valence-corrected chi connectivity index (χ0v) is 10.7. The van der Waals surface area contributed by atoms with E-state index in [0.717, 1.165) is 13.8 Å². The molecule has 0 aliphatic rings. The molecule has 0 saturated carbocycles. The summed E-state index contributed by atoms with van der Waals surface area (Å²) in [4.78, 5) is 22.4. The minimum Gasteiger partial charge on any atom is -0.480 e. The zero-order chi connectivity index (χ0) is 14.0. The highest BCUT2D eigenvalue weighted by Crippen LogP contribution is 2.17. The van der Waals surface area contributed by atoms with Crippen molar-refractivity contribution >= 4 is 21.9 Å². The predicted molar refractivity (Wildman–Crippen MR) is 63.2 cm³/mol. The number of carboxylic acids is 1. The summed E-state index contributed by atoms with van der Waals surface area (Å²) in [7, 11) is -4.04. The van der Waals surface area contributed by atoms with Crippen molar-refractivity contribution in [3.05, 3.63) is 30.3 Å². The molecule has 0 fully saturated rings. The van der Waals surface area contributed by atoms with Crippen molar-refractivity contribution in [2.45, 2.75) is 18.7 Å². The van der Waals surface area contributed by atoms with E-state index in [1.807, 2.05) is 0 Å². The lowest BCUT2D eigenvalue weighted by Crippen LogP contribution is -2.44. The monoisotopic (exact) mass is 271 g/mol. The van der Waals surface area contributed by atoms with E-state index < -0.39 is 27.3 Å². The molecule has 0 heterocycles. The van der Waals surface area contributed by atoms with Crippen LogP contribution in [0.5, 0.6) is 0 Å². The average molecular weight is 271 g/mol. The zero-order valence-electron chi connectivity index (χ0n) is 9.88. The fraction of sp³-hybridized carbons (Fsp3) is 0.273. The van der Waals surface area contributed by atoms with Gasteiger partial charge >= 0.3 is 5.97 Å². The topological polar surface area (TPSA) is 101 Å². The van der Waals surface area contributed by atoms with Crippen molar-refractivity contribution in [2.24, 2.45) is 5.41 Å². The molecule has 1 aromatic rings. The van der Waals surface area contributed by atoms with Crippen molar-refractivity contribution in [3.8, 4) is 0 Å². The second-order valence-electron chi connectivity index (χ2n) is 4.18. The molecule has 0 bridgehead atoms. The van der Waals surface area contributed by atoms with E-state index in [-0.39, 0.29) is 4.90 Å². The number of benzene rings is 1. The summed E-state index contributed by atoms with van der Waals surface area (Å²) in [5.41, 5.74) is -1.82. The predicted octanol–water partition coefficient (Wildman–Crippen LogP) is 0.602. The Labute approximate surface area is 105 Å². The molecule has 0 unspecified atom stereocenters. The number of sulfonamides is 1. The number of aliphatic carboxylic acids is 1. The van der Waals surface area contributed by atoms with Gasteiger partial charge in [0.25, 0.3) is 15.9 Å². The molecule has 0 radical (unpaired) electrons. The molecule has 6 nitrogen and oxygen atoms in total. The molecule has 0 spiro atoms. The van der Waals surface area contributed by atoms with Gasteiger partial charge in [-0.3, -0.25) is 9.59 Å². The summed E-state index contributed by atoms with van der Waals surface area (Å²) in [6.07, 6.45) is 0. The Bertz CT molecular complexity index is 562. The number of carboxylic acid groups (broad SMARTS) is 1. The van der Waals surface area contributed by atoms with Crippen molar-refractivity contribution in [1.82, 2.24) is 4.72 Å². The van der Waals surface area contributed by atoms with Gasteiger partial charge in [-0.25, -0.2) is 13.1 Å². The van der Waals surface area contributed by atoms with Crippen LogP contribution < -0.4 is 4.72 Å². The van der Waals surface area contributed by atoms with Crippen molar-refractivity contribution < 1.29 is 23.1 Å². The van der Waals surface area contributed by atoms with E-state index in [1.54, 1.807) is 10.8 Å². The Hall–Kier alpha value is -1.89. The van der Waals surface area contributed by atoms with Crippen LogP contribution in [0.2, 0.25) is 0 Å². The number of nitrogens with one attached hydrogen (secondary N) is 1. The molecule has 2 N–H and O–H groups in total. The summed E-state index contributed by atoms with van der Waals surface area (Å²) in [5.74, 6) is -2.48. The van der Waals surface area contributed by atoms with Crippen LogP contribution >= 0.6 is 0 Å². The van der Waals surface area contributed by atoms with Gasteiger partial charge in [0.1, 0.15) is 5.41 Å². The minimum absolute atomic E-state index is 0.0976. The van der Waals surface area contributed by atoms with Crippen molar-refractivity contribution in [2.75, 3.05) is 0 Å². The van der Waals surface area contributed by atoms with E-state index in [1.165, 1.54) is 24.3 Å². The quantitative estimate of drug-likeness (QED) is 0.781. The van der Waals surface area contributed by atoms with E-state index in [2.05, 4.69) is 0 Å². The first-order valence-corrected chi connectivity index (χ1v) is 6.52. The molecule has 18 heavy (non-hydrogen) atoms. The lowest BCUT2D eigenvalue weighted by atomic mass is 9.93. The summed E-state index contributed by atoms with van der Waals surface area (Å²) in [6, 6.07) is 7.25. The number of carbonyl (C=O) groups excluding carboxylic acids is 1. The molecule has 1 rings (SSSR count). The Morgan fingerprint density at radius 3 is 2.11 bits per heavy atom. The van der Waals surface area contributed by atoms with Gasteiger partial charge in [-0.1, -0.05) is 18.2 Å². The highest BCUT2D eigenvalue weighted by Gasteiger charge is 2.38. The molecule has 0 aliphatic heterocycles. The van der Waals surface area contributed by atoms with Crippen LogP contribution in [-0.2, 0) is 19.6 Å². The molecule has 1 aromatic carbocycles. The van der Waals surface area contributed by atoms with Gasteiger partial charge in [-0.2, -0.15) is 0 Å². The van der Waals surface area contributed by atoms with Gasteiger partial charge in [0.15, 0.2) is 0 Å². The first-order valence-electron chi connectivity index (χ1n) is 5.03. The van der Waals surface area contributed by atoms with Gasteiger partial charge in [0, 0.05) is 0 Å². The Kier molecular flexibility index (Phi) is 3.76. The molecular formula is C11H13NO5S. The van der Waals surface area contributed by atoms with E-state index in [4.69, 9.17) is 5.11 Å². The molecule has 0 aromatic heterocycles. The first-order chi connectivity index (χ1) is 8.18. The average Bonchev–Trinajstić information content (AvgIpc) is 2.29. The number of rotatable bonds is 4. The lowest BCUT2D eigenvalue weighted by molar-refractivity contribution is -0.152. The minimum atomic E-state index is -4.04. The number of carbonyl (C=O) groups is 2. The molecule has 0 atom stereocenters. The first kappa shape index (κ1) is 14.2. The standard InChI is InChI=1S/C11H13NO5S/c1-11(2,10(14)15)9(13)12-18(16,17)8-6-4-3-5-7-8/h3-7H,1-2H3,(H,12,13)(H,14,15). The van der Waals surface area contributed by atoms with Gasteiger partial charge in [0.05, 0.1) is 4.90 Å². The maximum absolute atomic E-state index is 11.8. The van der Waals surface area contributed by atoms with Crippen LogP contribution in [-0.4, -0.2) is 25.4 Å². The fourth-order valence-electron chi connectivity index (χ4n) is 1.01. The van der Waals surface area contributed by atoms with E-state index in [9.17, 15) is 18.0 Å². The molecule has 0 aliphatic carbocycles. The van der Waals surface area contributed by atoms with Gasteiger partial charge in [0.2, 0.25) is 0 Å². The third-order valence-corrected chi connectivity index (χ3v) is 3.73. The molecular weight excluding hydrogens is 258 g/mol. The van der Waals surface area contributed by atoms with Crippen LogP contribution in [0.1, 0.15) is 13.8 Å². The van der Waals surface area contributed by atoms with Crippen molar-refractivity contribution in [1.29, 1.82) is 0 Å². The SMILES string of the molecule is CC(C)(C(=O)O)C(=O)NS(=O)(=O)c1ccccc1. The van der Waals surface area contributed by atoms with Crippen LogP contribution in [0.4, 0.5) is 0 Å². The Morgan fingerprint density at radius 1 is 1.17 bits per heavy atom. The Morgan fingerprint density at radius 2 is 1.67 bits per heavy atom. The van der Waals surface area contributed by atoms with E-state index >= 15 is 0 Å². The summed E-state index contributed by atoms with van der Waals surface area (Å²) in [6.45, 7) is 2.26. The smallest absolute Gasteiger partial charge is 0.318 e. The second kappa shape index (κ2) is 4.77. The normalized spacial score (nSPS) is 11.9. The van der Waals surface area contributed by atoms with Crippen molar-refractivity contribution in [3.63, 3.8) is 0 Å². The Balaban J connectivity index is 2.99. The second-order valence-corrected chi connectivity index (χ2v) is 5.86. The summed E-state index contributed by atoms with van der Waals surface area (Å²) < 4.78 is 25.3. The molecule has 0 saturated heterocycles. The van der Waals surface area contributed by atoms with Crippen LogP contribution in [0, 0.1) is 5.41 Å². The van der Waals surface area contributed by atoms with Gasteiger partial charge in [-0.05, 0) is 26.0 Å². The molecule has 98 valence electrons. The summed E-state index contributed by atoms with van der Waals surface area (Å²) >= 11 is 0. The third kappa shape index (κ3) is 2.86. The van der Waals surface area contributed by atoms with Gasteiger partial charge in [-0.15, -0.1) is 0 Å². The van der Waals surface area contributed by atoms with Crippen LogP contribution in [0.25, 0.3) is 0 Å². The highest BCUT2D eigenvalue weighted by molar-refractivity contribution is 7.90. The fourth-order valence-corrected chi connectivity index (χ4v) is 2.14. The largest absolute Gasteiger partial charge is 0.480 e. The van der Waals surface area contributed by atoms with Crippen LogP contribution in [0.15, 0.2) is 35.2 Å². The number of hydrogen-bond acceptors (Lipinski definition) is 4. The summed E-state index contributed by atoms with van der Waals surface area (Å²) in [5, 5.41) is 8.82. The molecule has 1 amide bonds. The maximum Gasteiger partial charge on any atom is 0.318 e. The third-order valence-electron chi connectivity index (χ3n) is 2.38. The van der Waals surface area contributed by atoms with E-state index in [0.29, 0.717) is 0 Å². The van der Waals surface area contributed by atoms with Gasteiger partial charge < -0.3 is 5.11 Å². The van der Waals surface area contributed by atoms with Crippen LogP contribution in [0.3, 0.4) is 0 Å². The number of hydrogen-bond donors (Lipinski definition) is 2. The lowest BCUT2D eigenvalue weighted by Gasteiger charge is -2.18. The highest BCUT2D eigenvalue weighted by atomic mass is 32.2. The molecule has 7 heteroatoms. The maximum atomic E-state index is 11.8.